The molecule has 0 aromatic heterocycles. The molecule has 21 heavy (non-hydrogen) atoms. The van der Waals surface area contributed by atoms with Crippen molar-refractivity contribution < 1.29 is 0 Å². The molecule has 0 amide bonds. The molecule has 0 aliphatic rings. The van der Waals surface area contributed by atoms with E-state index in [0.29, 0.717) is 5.41 Å². The van der Waals surface area contributed by atoms with E-state index in [9.17, 15) is 0 Å². The average molecular weight is 301 g/mol. The first-order valence-electron chi connectivity index (χ1n) is 9.64. The first-order chi connectivity index (χ1) is 9.64. The number of hydrogen-bond acceptors (Lipinski definition) is 0. The van der Waals surface area contributed by atoms with Crippen LogP contribution in [0.3, 0.4) is 0 Å². The van der Waals surface area contributed by atoms with Crippen LogP contribution in [0.5, 0.6) is 0 Å². The van der Waals surface area contributed by atoms with Gasteiger partial charge in [0.1, 0.15) is 0 Å². The van der Waals surface area contributed by atoms with Crippen LogP contribution in [-0.4, -0.2) is 0 Å². The van der Waals surface area contributed by atoms with Crippen LogP contribution in [0, 0.1) is 23.2 Å². The zero-order valence-electron chi connectivity index (χ0n) is 17.5. The molecule has 2 atom stereocenters. The van der Waals surface area contributed by atoms with Crippen LogP contribution >= 0.6 is 0 Å². The summed E-state index contributed by atoms with van der Waals surface area (Å²) in [7, 11) is 0. The fraction of sp³-hybridized carbons (Fsp3) is 1.00. The standard InChI is InChI=1S/C10H22.C9H20.C2H6/c1-6-7-9(2)8-10(3,4)5;1-5-6-7-9(4)8(2)3;1-2/h9H,6-8H2,1-5H3;8-9H,5-7H2,1-4H3;1-2H3. The average Bonchev–Trinajstić information content (AvgIpc) is 2.37. The summed E-state index contributed by atoms with van der Waals surface area (Å²) in [5.41, 5.74) is 0.522. The van der Waals surface area contributed by atoms with Gasteiger partial charge in [-0.05, 0) is 29.6 Å². The Bertz CT molecular complexity index is 173. The Morgan fingerprint density at radius 1 is 0.762 bits per heavy atom. The lowest BCUT2D eigenvalue weighted by Gasteiger charge is -2.22. The number of hydrogen-bond donors (Lipinski definition) is 0. The van der Waals surface area contributed by atoms with Crippen molar-refractivity contribution in [2.24, 2.45) is 23.2 Å². The monoisotopic (exact) mass is 300 g/mol. The highest BCUT2D eigenvalue weighted by Crippen LogP contribution is 2.26. The second kappa shape index (κ2) is 16.4. The van der Waals surface area contributed by atoms with Crippen molar-refractivity contribution in [1.29, 1.82) is 0 Å². The molecule has 0 N–H and O–H groups in total. The van der Waals surface area contributed by atoms with Crippen LogP contribution < -0.4 is 0 Å². The first-order valence-corrected chi connectivity index (χ1v) is 9.64. The van der Waals surface area contributed by atoms with Gasteiger partial charge in [0.2, 0.25) is 0 Å². The molecule has 0 radical (unpaired) electrons. The van der Waals surface area contributed by atoms with Crippen molar-refractivity contribution in [3.63, 3.8) is 0 Å². The minimum Gasteiger partial charge on any atom is -0.0683 e. The van der Waals surface area contributed by atoms with E-state index >= 15 is 0 Å². The molecule has 0 aliphatic carbocycles. The van der Waals surface area contributed by atoms with Crippen LogP contribution in [0.15, 0.2) is 0 Å². The summed E-state index contributed by atoms with van der Waals surface area (Å²) in [4.78, 5) is 0. The molecule has 0 rings (SSSR count). The van der Waals surface area contributed by atoms with Gasteiger partial charge < -0.3 is 0 Å². The predicted molar refractivity (Wildman–Crippen MR) is 103 cm³/mol. The van der Waals surface area contributed by atoms with Crippen LogP contribution in [0.4, 0.5) is 0 Å². The topological polar surface area (TPSA) is 0 Å². The molecule has 2 unspecified atom stereocenters. The Morgan fingerprint density at radius 2 is 1.24 bits per heavy atom. The van der Waals surface area contributed by atoms with E-state index < -0.39 is 0 Å². The molecule has 0 fully saturated rings. The van der Waals surface area contributed by atoms with Crippen molar-refractivity contribution in [2.75, 3.05) is 0 Å². The molecule has 0 saturated carbocycles. The Hall–Kier alpha value is 0. The fourth-order valence-electron chi connectivity index (χ4n) is 2.50. The fourth-order valence-corrected chi connectivity index (χ4v) is 2.50. The lowest BCUT2D eigenvalue weighted by molar-refractivity contribution is 0.295. The highest BCUT2D eigenvalue weighted by Gasteiger charge is 2.13. The highest BCUT2D eigenvalue weighted by atomic mass is 14.2. The number of unbranched alkanes of at least 4 members (excludes halogenated alkanes) is 1. The SMILES string of the molecule is CC.CCCC(C)CC(C)(C)C.CCCCC(C)C(C)C. The summed E-state index contributed by atoms with van der Waals surface area (Å²) in [6, 6.07) is 0. The maximum absolute atomic E-state index is 2.36. The van der Waals surface area contributed by atoms with Crippen LogP contribution in [0.1, 0.15) is 115 Å². The molecule has 0 aliphatic heterocycles. The third-order valence-electron chi connectivity index (χ3n) is 3.89. The number of rotatable bonds is 7. The second-order valence-electron chi connectivity index (χ2n) is 8.02. The molecule has 0 spiro atoms. The highest BCUT2D eigenvalue weighted by molar-refractivity contribution is 4.65. The normalized spacial score (nSPS) is 13.7. The van der Waals surface area contributed by atoms with Crippen molar-refractivity contribution in [3.05, 3.63) is 0 Å². The van der Waals surface area contributed by atoms with Gasteiger partial charge in [-0.3, -0.25) is 0 Å². The third kappa shape index (κ3) is 25.3. The molecule has 0 aromatic rings. The van der Waals surface area contributed by atoms with Gasteiger partial charge in [0.05, 0.1) is 0 Å². The van der Waals surface area contributed by atoms with Crippen molar-refractivity contribution in [1.82, 2.24) is 0 Å². The molecule has 0 aromatic carbocycles. The van der Waals surface area contributed by atoms with E-state index in [4.69, 9.17) is 0 Å². The summed E-state index contributed by atoms with van der Waals surface area (Å²) >= 11 is 0. The van der Waals surface area contributed by atoms with E-state index in [1.165, 1.54) is 38.5 Å². The zero-order chi connectivity index (χ0) is 17.5. The van der Waals surface area contributed by atoms with E-state index in [2.05, 4.69) is 62.3 Å². The molecule has 0 heterocycles. The third-order valence-corrected chi connectivity index (χ3v) is 3.89. The molecule has 0 nitrogen and oxygen atoms in total. The minimum absolute atomic E-state index is 0.522. The van der Waals surface area contributed by atoms with Gasteiger partial charge in [-0.15, -0.1) is 0 Å². The Balaban J connectivity index is -0.000000277. The summed E-state index contributed by atoms with van der Waals surface area (Å²) in [5, 5.41) is 0. The Morgan fingerprint density at radius 3 is 1.52 bits per heavy atom. The van der Waals surface area contributed by atoms with Crippen LogP contribution in [0.25, 0.3) is 0 Å². The van der Waals surface area contributed by atoms with E-state index in [-0.39, 0.29) is 0 Å². The quantitative estimate of drug-likeness (QED) is 0.443. The van der Waals surface area contributed by atoms with Crippen LogP contribution in [-0.2, 0) is 0 Å². The van der Waals surface area contributed by atoms with E-state index in [1.807, 2.05) is 13.8 Å². The summed E-state index contributed by atoms with van der Waals surface area (Å²) < 4.78 is 0. The van der Waals surface area contributed by atoms with Gasteiger partial charge in [0.15, 0.2) is 0 Å². The van der Waals surface area contributed by atoms with Gasteiger partial charge in [0.25, 0.3) is 0 Å². The Kier molecular flexibility index (Phi) is 20.2. The summed E-state index contributed by atoms with van der Waals surface area (Å²) in [6.07, 6.45) is 8.24. The van der Waals surface area contributed by atoms with Crippen molar-refractivity contribution in [3.8, 4) is 0 Å². The van der Waals surface area contributed by atoms with E-state index in [0.717, 1.165) is 17.8 Å². The molecular weight excluding hydrogens is 252 g/mol. The molecule has 0 bridgehead atoms. The molecule has 0 heteroatoms. The van der Waals surface area contributed by atoms with Gasteiger partial charge in [-0.25, -0.2) is 0 Å². The lowest BCUT2D eigenvalue weighted by atomic mass is 9.84. The first kappa shape index (κ1) is 25.9. The second-order valence-corrected chi connectivity index (χ2v) is 8.02. The van der Waals surface area contributed by atoms with Crippen molar-refractivity contribution in [2.45, 2.75) is 115 Å². The van der Waals surface area contributed by atoms with E-state index in [1.54, 1.807) is 0 Å². The van der Waals surface area contributed by atoms with Gasteiger partial charge in [-0.2, -0.15) is 0 Å². The smallest absolute Gasteiger partial charge is 0.0380 e. The molecule has 0 saturated heterocycles. The summed E-state index contributed by atoms with van der Waals surface area (Å²) in [5.74, 6) is 2.70. The Labute approximate surface area is 138 Å². The predicted octanol–water partition coefficient (Wildman–Crippen LogP) is 8.35. The zero-order valence-corrected chi connectivity index (χ0v) is 17.5. The minimum atomic E-state index is 0.522. The van der Waals surface area contributed by atoms with Gasteiger partial charge in [-0.1, -0.05) is 108 Å². The molecule has 132 valence electrons. The summed E-state index contributed by atoms with van der Waals surface area (Å²) in [6.45, 7) is 24.8. The van der Waals surface area contributed by atoms with Gasteiger partial charge >= 0.3 is 0 Å². The van der Waals surface area contributed by atoms with Crippen LogP contribution in [0.2, 0.25) is 0 Å². The maximum Gasteiger partial charge on any atom is -0.0380 e. The lowest BCUT2D eigenvalue weighted by Crippen LogP contribution is -2.10. The van der Waals surface area contributed by atoms with Crippen molar-refractivity contribution >= 4 is 0 Å². The van der Waals surface area contributed by atoms with Gasteiger partial charge in [0, 0.05) is 0 Å². The molecular formula is C21H48. The maximum atomic E-state index is 2.36. The largest absolute Gasteiger partial charge is 0.0683 e.